The zero-order valence-corrected chi connectivity index (χ0v) is 17.9. The summed E-state index contributed by atoms with van der Waals surface area (Å²) in [5.74, 6) is 2.79. The monoisotopic (exact) mass is 374 g/mol. The average Bonchev–Trinajstić information content (AvgIpc) is 2.91. The van der Waals surface area contributed by atoms with Crippen LogP contribution in [0.15, 0.2) is 0 Å². The van der Waals surface area contributed by atoms with Gasteiger partial charge in [-0.05, 0) is 94.3 Å². The summed E-state index contributed by atoms with van der Waals surface area (Å²) in [6.07, 6.45) is 8.71. The molecule has 4 fully saturated rings. The number of hydrogen-bond acceptors (Lipinski definition) is 2. The minimum absolute atomic E-state index is 0.150. The first-order valence-electron chi connectivity index (χ1n) is 11.2. The number of fused-ring (bicyclic) bond motifs is 5. The summed E-state index contributed by atoms with van der Waals surface area (Å²) >= 11 is 0. The molecule has 2 amide bonds. The minimum atomic E-state index is -0.158. The highest BCUT2D eigenvalue weighted by Crippen LogP contribution is 2.65. The Labute approximate surface area is 164 Å². The summed E-state index contributed by atoms with van der Waals surface area (Å²) in [7, 11) is 0. The number of rotatable bonds is 1. The van der Waals surface area contributed by atoms with E-state index in [0.717, 1.165) is 31.6 Å². The molecule has 3 aliphatic carbocycles. The second-order valence-corrected chi connectivity index (χ2v) is 11.5. The predicted molar refractivity (Wildman–Crippen MR) is 107 cm³/mol. The van der Waals surface area contributed by atoms with Crippen LogP contribution in [0, 0.1) is 34.5 Å². The Kier molecular flexibility index (Phi) is 4.44. The fraction of sp³-hybridized carbons (Fsp3) is 0.913. The SMILES string of the molecule is CC(C)(C)NC(=O)[C@H]1CC[C@H]2[C@H]3CC[C@H]4NC(=O)CC[C@]4(C)[C@@H]3CC[C@@]12C. The molecule has 4 rings (SSSR count). The van der Waals surface area contributed by atoms with Crippen LogP contribution in [0.2, 0.25) is 0 Å². The summed E-state index contributed by atoms with van der Waals surface area (Å²) < 4.78 is 0. The van der Waals surface area contributed by atoms with E-state index in [1.54, 1.807) is 0 Å². The Morgan fingerprint density at radius 2 is 1.70 bits per heavy atom. The molecule has 0 unspecified atom stereocenters. The highest BCUT2D eigenvalue weighted by molar-refractivity contribution is 5.80. The molecular formula is C23H38N2O2. The maximum Gasteiger partial charge on any atom is 0.224 e. The molecule has 0 aromatic heterocycles. The maximum absolute atomic E-state index is 13.0. The predicted octanol–water partition coefficient (Wildman–Crippen LogP) is 4.04. The van der Waals surface area contributed by atoms with Crippen molar-refractivity contribution in [3.8, 4) is 0 Å². The molecule has 0 aromatic rings. The Hall–Kier alpha value is -1.06. The number of hydrogen-bond donors (Lipinski definition) is 2. The van der Waals surface area contributed by atoms with Gasteiger partial charge >= 0.3 is 0 Å². The van der Waals surface area contributed by atoms with Gasteiger partial charge in [0.05, 0.1) is 0 Å². The van der Waals surface area contributed by atoms with E-state index >= 15 is 0 Å². The molecule has 2 N–H and O–H groups in total. The van der Waals surface area contributed by atoms with Gasteiger partial charge in [0.15, 0.2) is 0 Å². The first-order valence-corrected chi connectivity index (χ1v) is 11.2. The lowest BCUT2D eigenvalue weighted by Crippen LogP contribution is -2.61. The molecule has 0 aromatic carbocycles. The number of nitrogens with one attached hydrogen (secondary N) is 2. The lowest BCUT2D eigenvalue weighted by Gasteiger charge is -2.60. The van der Waals surface area contributed by atoms with Crippen molar-refractivity contribution >= 4 is 11.8 Å². The fourth-order valence-corrected chi connectivity index (χ4v) is 7.59. The molecule has 0 spiro atoms. The number of carbonyl (C=O) groups excluding carboxylic acids is 2. The van der Waals surface area contributed by atoms with E-state index in [4.69, 9.17) is 0 Å². The lowest BCUT2D eigenvalue weighted by atomic mass is 9.47. The van der Waals surface area contributed by atoms with Crippen molar-refractivity contribution in [1.82, 2.24) is 10.6 Å². The van der Waals surface area contributed by atoms with Crippen LogP contribution in [0.1, 0.15) is 86.0 Å². The van der Waals surface area contributed by atoms with Crippen LogP contribution in [0.5, 0.6) is 0 Å². The summed E-state index contributed by atoms with van der Waals surface area (Å²) in [4.78, 5) is 25.0. The minimum Gasteiger partial charge on any atom is -0.353 e. The summed E-state index contributed by atoms with van der Waals surface area (Å²) in [6.45, 7) is 11.1. The largest absolute Gasteiger partial charge is 0.353 e. The average molecular weight is 375 g/mol. The smallest absolute Gasteiger partial charge is 0.224 e. The Bertz CT molecular complexity index is 639. The van der Waals surface area contributed by atoms with Crippen molar-refractivity contribution in [3.63, 3.8) is 0 Å². The van der Waals surface area contributed by atoms with Crippen LogP contribution >= 0.6 is 0 Å². The van der Waals surface area contributed by atoms with E-state index in [-0.39, 0.29) is 34.1 Å². The van der Waals surface area contributed by atoms with Gasteiger partial charge in [-0.2, -0.15) is 0 Å². The van der Waals surface area contributed by atoms with E-state index in [1.807, 2.05) is 0 Å². The van der Waals surface area contributed by atoms with Gasteiger partial charge in [-0.25, -0.2) is 0 Å². The van der Waals surface area contributed by atoms with Crippen molar-refractivity contribution in [1.29, 1.82) is 0 Å². The van der Waals surface area contributed by atoms with Crippen molar-refractivity contribution in [2.24, 2.45) is 34.5 Å². The molecule has 4 heteroatoms. The Morgan fingerprint density at radius 1 is 1.00 bits per heavy atom. The molecule has 4 nitrogen and oxygen atoms in total. The Balaban J connectivity index is 1.55. The zero-order chi connectivity index (χ0) is 19.6. The third-order valence-electron chi connectivity index (χ3n) is 8.91. The zero-order valence-electron chi connectivity index (χ0n) is 17.9. The fourth-order valence-electron chi connectivity index (χ4n) is 7.59. The van der Waals surface area contributed by atoms with Crippen LogP contribution in [-0.2, 0) is 9.59 Å². The molecule has 0 radical (unpaired) electrons. The van der Waals surface area contributed by atoms with Gasteiger partial charge in [-0.1, -0.05) is 13.8 Å². The van der Waals surface area contributed by atoms with Gasteiger partial charge in [0.25, 0.3) is 0 Å². The van der Waals surface area contributed by atoms with Crippen LogP contribution in [-0.4, -0.2) is 23.4 Å². The van der Waals surface area contributed by atoms with E-state index in [2.05, 4.69) is 45.3 Å². The number of amides is 2. The second kappa shape index (κ2) is 6.22. The second-order valence-electron chi connectivity index (χ2n) is 11.5. The molecule has 4 aliphatic rings. The topological polar surface area (TPSA) is 58.2 Å². The van der Waals surface area contributed by atoms with Crippen molar-refractivity contribution in [3.05, 3.63) is 0 Å². The van der Waals surface area contributed by atoms with Gasteiger partial charge in [-0.15, -0.1) is 0 Å². The van der Waals surface area contributed by atoms with Crippen molar-refractivity contribution in [2.45, 2.75) is 97.6 Å². The molecule has 1 saturated heterocycles. The molecule has 1 aliphatic heterocycles. The van der Waals surface area contributed by atoms with Crippen LogP contribution < -0.4 is 10.6 Å². The third kappa shape index (κ3) is 3.02. The van der Waals surface area contributed by atoms with E-state index < -0.39 is 0 Å². The standard InChI is InChI=1S/C23H38N2O2/c1-21(2,3)25-20(27)17-8-7-15-14-6-9-18-23(5,13-11-19(26)24-18)16(14)10-12-22(15,17)4/h14-18H,6-13H2,1-5H3,(H,24,26)(H,25,27)/t14-,15+,16-,17-,18-,22-,23-/m1/s1. The summed E-state index contributed by atoms with van der Waals surface area (Å²) in [5.41, 5.74) is 0.246. The van der Waals surface area contributed by atoms with Crippen LogP contribution in [0.3, 0.4) is 0 Å². The highest BCUT2D eigenvalue weighted by Gasteiger charge is 2.61. The van der Waals surface area contributed by atoms with Gasteiger partial charge in [0.2, 0.25) is 11.8 Å². The summed E-state index contributed by atoms with van der Waals surface area (Å²) in [6, 6.07) is 0.366. The maximum atomic E-state index is 13.0. The third-order valence-corrected chi connectivity index (χ3v) is 8.91. The molecule has 152 valence electrons. The molecule has 3 saturated carbocycles. The van der Waals surface area contributed by atoms with Gasteiger partial charge < -0.3 is 10.6 Å². The van der Waals surface area contributed by atoms with Crippen molar-refractivity contribution < 1.29 is 9.59 Å². The van der Waals surface area contributed by atoms with Crippen molar-refractivity contribution in [2.75, 3.05) is 0 Å². The van der Waals surface area contributed by atoms with E-state index in [0.29, 0.717) is 24.3 Å². The number of carbonyl (C=O) groups is 2. The molecular weight excluding hydrogens is 336 g/mol. The normalized spacial score (nSPS) is 46.7. The molecule has 7 atom stereocenters. The quantitative estimate of drug-likeness (QED) is 0.728. The molecule has 1 heterocycles. The molecule has 27 heavy (non-hydrogen) atoms. The van der Waals surface area contributed by atoms with Crippen LogP contribution in [0.25, 0.3) is 0 Å². The van der Waals surface area contributed by atoms with Gasteiger partial charge in [0, 0.05) is 23.9 Å². The van der Waals surface area contributed by atoms with E-state index in [9.17, 15) is 9.59 Å². The number of piperidine rings is 1. The first-order chi connectivity index (χ1) is 12.5. The highest BCUT2D eigenvalue weighted by atomic mass is 16.2. The Morgan fingerprint density at radius 3 is 2.41 bits per heavy atom. The summed E-state index contributed by atoms with van der Waals surface area (Å²) in [5, 5.41) is 6.57. The van der Waals surface area contributed by atoms with Gasteiger partial charge in [0.1, 0.15) is 0 Å². The van der Waals surface area contributed by atoms with Gasteiger partial charge in [-0.3, -0.25) is 9.59 Å². The molecule has 0 bridgehead atoms. The van der Waals surface area contributed by atoms with Crippen LogP contribution in [0.4, 0.5) is 0 Å². The van der Waals surface area contributed by atoms with E-state index in [1.165, 1.54) is 19.3 Å². The lowest BCUT2D eigenvalue weighted by molar-refractivity contribution is -0.142. The first kappa shape index (κ1) is 19.3.